The van der Waals surface area contributed by atoms with Gasteiger partial charge in [0.25, 0.3) is 0 Å². The number of piperazine rings is 2. The molecule has 206 valence electrons. The van der Waals surface area contributed by atoms with Crippen LogP contribution in [0.4, 0.5) is 10.2 Å². The molecule has 0 bridgehead atoms. The van der Waals surface area contributed by atoms with E-state index in [0.717, 1.165) is 75.7 Å². The van der Waals surface area contributed by atoms with Gasteiger partial charge < -0.3 is 14.8 Å². The summed E-state index contributed by atoms with van der Waals surface area (Å²) in [5, 5.41) is 10.5. The number of halogens is 2. The number of nitrogens with zero attached hydrogens (tertiary/aromatic N) is 6. The standard InChI is InChI=1S/C28H38ClFN6O2/c1-18(2)33-6-10-35(11-7-33)28(21(16-37)20-4-5-22(29)23(30)15-20)36-12-8-34(9-13-36)27-25-19(3)14-24(38)26(25)31-17-32-27/h4-5,15-19,21,24,28,38H,6-14H2,1-3H3/t19-,21?,24-,28?/m1/s1. The summed E-state index contributed by atoms with van der Waals surface area (Å²) in [5.74, 6) is 0.113. The summed E-state index contributed by atoms with van der Waals surface area (Å²) in [6.07, 6.45) is 2.47. The van der Waals surface area contributed by atoms with Gasteiger partial charge >= 0.3 is 0 Å². The van der Waals surface area contributed by atoms with Gasteiger partial charge in [0.1, 0.15) is 24.2 Å². The van der Waals surface area contributed by atoms with Crippen molar-refractivity contribution in [3.05, 3.63) is 52.2 Å². The molecule has 2 unspecified atom stereocenters. The van der Waals surface area contributed by atoms with Crippen molar-refractivity contribution in [3.8, 4) is 0 Å². The highest BCUT2D eigenvalue weighted by atomic mass is 35.5. The normalized spacial score (nSPS) is 25.0. The van der Waals surface area contributed by atoms with Crippen LogP contribution in [0.2, 0.25) is 5.02 Å². The van der Waals surface area contributed by atoms with E-state index in [9.17, 15) is 14.3 Å². The lowest BCUT2D eigenvalue weighted by Gasteiger charge is -2.49. The molecule has 10 heteroatoms. The Kier molecular flexibility index (Phi) is 8.30. The summed E-state index contributed by atoms with van der Waals surface area (Å²) in [4.78, 5) is 31.1. The lowest BCUT2D eigenvalue weighted by Crippen LogP contribution is -2.62. The number of hydrogen-bond acceptors (Lipinski definition) is 8. The van der Waals surface area contributed by atoms with Crippen molar-refractivity contribution in [2.75, 3.05) is 57.3 Å². The Hall–Kier alpha value is -2.17. The van der Waals surface area contributed by atoms with Crippen LogP contribution in [0.25, 0.3) is 0 Å². The van der Waals surface area contributed by atoms with Crippen LogP contribution < -0.4 is 4.90 Å². The van der Waals surface area contributed by atoms with E-state index in [1.54, 1.807) is 18.5 Å². The summed E-state index contributed by atoms with van der Waals surface area (Å²) in [6.45, 7) is 13.1. The maximum atomic E-state index is 14.5. The largest absolute Gasteiger partial charge is 0.387 e. The van der Waals surface area contributed by atoms with Crippen LogP contribution in [-0.2, 0) is 4.79 Å². The highest BCUT2D eigenvalue weighted by Crippen LogP contribution is 2.43. The molecule has 1 aliphatic carbocycles. The number of benzene rings is 1. The van der Waals surface area contributed by atoms with Crippen LogP contribution in [0.1, 0.15) is 62.0 Å². The lowest BCUT2D eigenvalue weighted by molar-refractivity contribution is -0.114. The second-order valence-corrected chi connectivity index (χ2v) is 11.5. The minimum Gasteiger partial charge on any atom is -0.387 e. The van der Waals surface area contributed by atoms with E-state index in [1.807, 2.05) is 0 Å². The van der Waals surface area contributed by atoms with Gasteiger partial charge in [0, 0.05) is 64.0 Å². The number of aldehydes is 1. The third-order valence-electron chi connectivity index (χ3n) is 8.52. The van der Waals surface area contributed by atoms with Gasteiger partial charge in [0.05, 0.1) is 28.9 Å². The summed E-state index contributed by atoms with van der Waals surface area (Å²) in [6, 6.07) is 5.20. The number of rotatable bonds is 7. The van der Waals surface area contributed by atoms with Gasteiger partial charge in [-0.25, -0.2) is 14.4 Å². The number of anilines is 1. The van der Waals surface area contributed by atoms with Crippen LogP contribution in [0.3, 0.4) is 0 Å². The average molecular weight is 545 g/mol. The first kappa shape index (κ1) is 27.4. The third kappa shape index (κ3) is 5.31. The van der Waals surface area contributed by atoms with Gasteiger partial charge in [-0.2, -0.15) is 0 Å². The average Bonchev–Trinajstić information content (AvgIpc) is 3.22. The Labute approximate surface area is 229 Å². The van der Waals surface area contributed by atoms with Gasteiger partial charge in [-0.1, -0.05) is 24.6 Å². The Morgan fingerprint density at radius 1 is 1.03 bits per heavy atom. The number of carbonyl (C=O) groups is 1. The van der Waals surface area contributed by atoms with Crippen molar-refractivity contribution in [1.82, 2.24) is 24.7 Å². The molecule has 5 rings (SSSR count). The van der Waals surface area contributed by atoms with Crippen molar-refractivity contribution in [2.45, 2.75) is 57.3 Å². The van der Waals surface area contributed by atoms with Crippen LogP contribution >= 0.6 is 11.6 Å². The molecule has 2 saturated heterocycles. The monoisotopic (exact) mass is 544 g/mol. The predicted molar refractivity (Wildman–Crippen MR) is 146 cm³/mol. The summed E-state index contributed by atoms with van der Waals surface area (Å²) < 4.78 is 14.5. The van der Waals surface area contributed by atoms with Gasteiger partial charge in [-0.15, -0.1) is 0 Å². The minimum atomic E-state index is -0.537. The fourth-order valence-electron chi connectivity index (χ4n) is 6.40. The van der Waals surface area contributed by atoms with Crippen LogP contribution in [0.15, 0.2) is 24.5 Å². The van der Waals surface area contributed by atoms with Crippen molar-refractivity contribution in [1.29, 1.82) is 0 Å². The highest BCUT2D eigenvalue weighted by Gasteiger charge is 2.39. The first-order valence-electron chi connectivity index (χ1n) is 13.7. The zero-order valence-corrected chi connectivity index (χ0v) is 23.2. The Bertz CT molecular complexity index is 1140. The molecule has 2 aliphatic heterocycles. The molecule has 2 aromatic rings. The quantitative estimate of drug-likeness (QED) is 0.532. The van der Waals surface area contributed by atoms with Crippen LogP contribution in [-0.4, -0.2) is 101 Å². The third-order valence-corrected chi connectivity index (χ3v) is 8.82. The lowest BCUT2D eigenvalue weighted by atomic mass is 9.94. The molecule has 3 heterocycles. The van der Waals surface area contributed by atoms with Crippen molar-refractivity contribution in [3.63, 3.8) is 0 Å². The molecule has 0 radical (unpaired) electrons. The molecule has 1 aromatic heterocycles. The molecular weight excluding hydrogens is 507 g/mol. The smallest absolute Gasteiger partial charge is 0.142 e. The summed E-state index contributed by atoms with van der Waals surface area (Å²) >= 11 is 5.96. The fraction of sp³-hybridized carbons (Fsp3) is 0.607. The first-order chi connectivity index (χ1) is 18.3. The molecule has 38 heavy (non-hydrogen) atoms. The first-order valence-corrected chi connectivity index (χ1v) is 14.1. The Balaban J connectivity index is 1.38. The summed E-state index contributed by atoms with van der Waals surface area (Å²) in [5.41, 5.74) is 2.45. The maximum Gasteiger partial charge on any atom is 0.142 e. The maximum absolute atomic E-state index is 14.5. The van der Waals surface area contributed by atoms with Crippen molar-refractivity contribution in [2.24, 2.45) is 0 Å². The van der Waals surface area contributed by atoms with Crippen LogP contribution in [0.5, 0.6) is 0 Å². The number of fused-ring (bicyclic) bond motifs is 1. The molecule has 3 aliphatic rings. The second-order valence-electron chi connectivity index (χ2n) is 11.1. The van der Waals surface area contributed by atoms with E-state index < -0.39 is 17.8 Å². The second kappa shape index (κ2) is 11.5. The predicted octanol–water partition coefficient (Wildman–Crippen LogP) is 3.27. The molecule has 1 aromatic carbocycles. The topological polar surface area (TPSA) is 76.0 Å². The summed E-state index contributed by atoms with van der Waals surface area (Å²) in [7, 11) is 0. The fourth-order valence-corrected chi connectivity index (χ4v) is 6.51. The van der Waals surface area contributed by atoms with E-state index in [1.165, 1.54) is 6.07 Å². The molecule has 1 N–H and O–H groups in total. The molecule has 8 nitrogen and oxygen atoms in total. The number of carbonyl (C=O) groups excluding carboxylic acids is 1. The highest BCUT2D eigenvalue weighted by molar-refractivity contribution is 6.30. The van der Waals surface area contributed by atoms with E-state index in [-0.39, 0.29) is 17.1 Å². The number of aliphatic hydroxyl groups is 1. The van der Waals surface area contributed by atoms with Crippen molar-refractivity contribution < 1.29 is 14.3 Å². The molecule has 0 spiro atoms. The minimum absolute atomic E-state index is 0.0610. The van der Waals surface area contributed by atoms with Gasteiger partial charge in [0.2, 0.25) is 0 Å². The van der Waals surface area contributed by atoms with E-state index in [4.69, 9.17) is 11.6 Å². The number of aliphatic hydroxyl groups excluding tert-OH is 1. The Morgan fingerprint density at radius 2 is 1.66 bits per heavy atom. The van der Waals surface area contributed by atoms with E-state index >= 15 is 0 Å². The zero-order chi connectivity index (χ0) is 27.0. The van der Waals surface area contributed by atoms with Crippen molar-refractivity contribution >= 4 is 23.7 Å². The molecule has 0 amide bonds. The molecule has 2 fully saturated rings. The van der Waals surface area contributed by atoms with Crippen LogP contribution in [0, 0.1) is 5.82 Å². The number of hydrogen-bond donors (Lipinski definition) is 1. The Morgan fingerprint density at radius 3 is 2.26 bits per heavy atom. The molecule has 0 saturated carbocycles. The molecular formula is C28H38ClFN6O2. The SMILES string of the molecule is CC(C)N1CCN(C(C(C=O)c2ccc(Cl)c(F)c2)N2CCN(c3ncnc4c3[C@H](C)C[C@H]4O)CC2)CC1. The molecule has 4 atom stereocenters. The van der Waals surface area contributed by atoms with E-state index in [2.05, 4.69) is 50.3 Å². The number of aromatic nitrogens is 2. The zero-order valence-electron chi connectivity index (χ0n) is 22.4. The van der Waals surface area contributed by atoms with Gasteiger partial charge in [-0.05, 0) is 43.9 Å². The van der Waals surface area contributed by atoms with Gasteiger partial charge in [-0.3, -0.25) is 14.7 Å². The van der Waals surface area contributed by atoms with Gasteiger partial charge in [0.15, 0.2) is 0 Å². The van der Waals surface area contributed by atoms with E-state index in [0.29, 0.717) is 18.0 Å².